The Morgan fingerprint density at radius 1 is 1.00 bits per heavy atom. The molecule has 0 fully saturated rings. The van der Waals surface area contributed by atoms with Gasteiger partial charge in [-0.3, -0.25) is 10.1 Å². The molecule has 2 N–H and O–H groups in total. The normalized spacial score (nSPS) is 10.5. The third kappa shape index (κ3) is 4.14. The number of anilines is 2. The summed E-state index contributed by atoms with van der Waals surface area (Å²) < 4.78 is 0. The number of hydrogen-bond donors (Lipinski definition) is 2. The summed E-state index contributed by atoms with van der Waals surface area (Å²) in [6.45, 7) is 4.55. The van der Waals surface area contributed by atoms with Gasteiger partial charge < -0.3 is 5.32 Å². The van der Waals surface area contributed by atoms with Gasteiger partial charge in [-0.15, -0.1) is 22.7 Å². The molecular weight excluding hydrogens is 328 g/mol. The molecule has 3 aromatic rings. The van der Waals surface area contributed by atoms with Gasteiger partial charge in [-0.2, -0.15) is 0 Å². The first kappa shape index (κ1) is 15.6. The summed E-state index contributed by atoms with van der Waals surface area (Å²) in [6.07, 6.45) is 0. The van der Waals surface area contributed by atoms with Gasteiger partial charge in [0.25, 0.3) is 5.91 Å². The molecule has 7 heteroatoms. The minimum absolute atomic E-state index is 0.144. The van der Waals surface area contributed by atoms with Gasteiger partial charge in [0, 0.05) is 22.9 Å². The summed E-state index contributed by atoms with van der Waals surface area (Å²) in [4.78, 5) is 20.7. The molecule has 0 saturated carbocycles. The second-order valence-electron chi connectivity index (χ2n) is 5.09. The first-order valence-electron chi connectivity index (χ1n) is 7.08. The zero-order chi connectivity index (χ0) is 16.2. The van der Waals surface area contributed by atoms with Gasteiger partial charge in [-0.1, -0.05) is 12.1 Å². The molecule has 1 amide bonds. The van der Waals surface area contributed by atoms with Gasteiger partial charge >= 0.3 is 0 Å². The number of carbonyl (C=O) groups is 1. The average molecular weight is 344 g/mol. The number of nitrogens with zero attached hydrogens (tertiary/aromatic N) is 2. The highest BCUT2D eigenvalue weighted by molar-refractivity contribution is 7.14. The number of amides is 1. The average Bonchev–Trinajstić information content (AvgIpc) is 3.14. The summed E-state index contributed by atoms with van der Waals surface area (Å²) in [6, 6.07) is 7.52. The van der Waals surface area contributed by atoms with E-state index in [0.717, 1.165) is 22.1 Å². The summed E-state index contributed by atoms with van der Waals surface area (Å²) >= 11 is 3.01. The fraction of sp³-hybridized carbons (Fsp3) is 0.188. The maximum Gasteiger partial charge on any atom is 0.257 e. The number of rotatable bonds is 5. The minimum Gasteiger partial charge on any atom is -0.357 e. The second kappa shape index (κ2) is 6.89. The van der Waals surface area contributed by atoms with E-state index < -0.39 is 0 Å². The van der Waals surface area contributed by atoms with Crippen molar-refractivity contribution >= 4 is 38.8 Å². The van der Waals surface area contributed by atoms with Crippen LogP contribution >= 0.6 is 22.7 Å². The van der Waals surface area contributed by atoms with E-state index in [1.807, 2.05) is 48.9 Å². The van der Waals surface area contributed by atoms with Gasteiger partial charge in [0.15, 0.2) is 10.3 Å². The molecule has 0 aliphatic rings. The molecule has 0 bridgehead atoms. The number of nitrogens with one attached hydrogen (secondary N) is 2. The monoisotopic (exact) mass is 344 g/mol. The molecule has 2 aromatic heterocycles. The van der Waals surface area contributed by atoms with Gasteiger partial charge in [0.05, 0.1) is 11.4 Å². The Bertz CT molecular complexity index is 808. The Hall–Kier alpha value is -2.25. The SMILES string of the molecule is Cc1csc(NCc2ccc(C(=O)Nc3nc(C)cs3)cc2)n1. The van der Waals surface area contributed by atoms with E-state index in [1.165, 1.54) is 11.3 Å². The van der Waals surface area contributed by atoms with Crippen LogP contribution in [-0.2, 0) is 6.54 Å². The Balaban J connectivity index is 1.58. The fourth-order valence-corrected chi connectivity index (χ4v) is 3.34. The van der Waals surface area contributed by atoms with E-state index in [2.05, 4.69) is 20.6 Å². The highest BCUT2D eigenvalue weighted by Gasteiger charge is 2.08. The van der Waals surface area contributed by atoms with Crippen molar-refractivity contribution in [2.75, 3.05) is 10.6 Å². The molecule has 3 rings (SSSR count). The Labute approximate surface area is 142 Å². The van der Waals surface area contributed by atoms with Crippen LogP contribution in [-0.4, -0.2) is 15.9 Å². The highest BCUT2D eigenvalue weighted by atomic mass is 32.1. The van der Waals surface area contributed by atoms with E-state index in [1.54, 1.807) is 11.3 Å². The quantitative estimate of drug-likeness (QED) is 0.732. The van der Waals surface area contributed by atoms with Gasteiger partial charge in [-0.05, 0) is 31.5 Å². The molecule has 0 saturated heterocycles. The Kier molecular flexibility index (Phi) is 4.68. The van der Waals surface area contributed by atoms with Crippen LogP contribution in [0.5, 0.6) is 0 Å². The van der Waals surface area contributed by atoms with Gasteiger partial charge in [0.2, 0.25) is 0 Å². The van der Waals surface area contributed by atoms with Crippen molar-refractivity contribution in [2.24, 2.45) is 0 Å². The van der Waals surface area contributed by atoms with Crippen LogP contribution in [0.3, 0.4) is 0 Å². The van der Waals surface area contributed by atoms with Crippen LogP contribution in [0.4, 0.5) is 10.3 Å². The third-order valence-electron chi connectivity index (χ3n) is 3.12. The Morgan fingerprint density at radius 2 is 1.61 bits per heavy atom. The zero-order valence-electron chi connectivity index (χ0n) is 12.8. The largest absolute Gasteiger partial charge is 0.357 e. The molecule has 0 spiro atoms. The molecular formula is C16H16N4OS2. The van der Waals surface area contributed by atoms with Crippen LogP contribution in [0.25, 0.3) is 0 Å². The highest BCUT2D eigenvalue weighted by Crippen LogP contribution is 2.17. The zero-order valence-corrected chi connectivity index (χ0v) is 14.4. The van der Waals surface area contributed by atoms with Crippen molar-refractivity contribution in [1.29, 1.82) is 0 Å². The maximum absolute atomic E-state index is 12.1. The van der Waals surface area contributed by atoms with Crippen molar-refractivity contribution in [3.8, 4) is 0 Å². The number of benzene rings is 1. The predicted octanol–water partition coefficient (Wildman–Crippen LogP) is 4.08. The lowest BCUT2D eigenvalue weighted by molar-refractivity contribution is 0.102. The predicted molar refractivity (Wildman–Crippen MR) is 95.4 cm³/mol. The summed E-state index contributed by atoms with van der Waals surface area (Å²) in [7, 11) is 0. The van der Waals surface area contributed by atoms with E-state index in [-0.39, 0.29) is 5.91 Å². The van der Waals surface area contributed by atoms with Crippen molar-refractivity contribution < 1.29 is 4.79 Å². The van der Waals surface area contributed by atoms with Crippen LogP contribution in [0.15, 0.2) is 35.0 Å². The molecule has 23 heavy (non-hydrogen) atoms. The third-order valence-corrected chi connectivity index (χ3v) is 4.91. The van der Waals surface area contributed by atoms with Crippen LogP contribution in [0.1, 0.15) is 27.3 Å². The van der Waals surface area contributed by atoms with Crippen LogP contribution in [0, 0.1) is 13.8 Å². The van der Waals surface area contributed by atoms with Crippen molar-refractivity contribution in [2.45, 2.75) is 20.4 Å². The number of thiazole rings is 2. The minimum atomic E-state index is -0.144. The molecule has 118 valence electrons. The van der Waals surface area contributed by atoms with E-state index in [4.69, 9.17) is 0 Å². The lowest BCUT2D eigenvalue weighted by Crippen LogP contribution is -2.11. The number of aryl methyl sites for hydroxylation is 2. The molecule has 0 aliphatic heterocycles. The standard InChI is InChI=1S/C16H16N4OS2/c1-10-8-22-15(18-10)17-7-12-3-5-13(6-4-12)14(21)20-16-19-11(2)9-23-16/h3-6,8-9H,7H2,1-2H3,(H,17,18)(H,19,20,21). The molecule has 0 aliphatic carbocycles. The number of carbonyl (C=O) groups excluding carboxylic acids is 1. The first-order valence-corrected chi connectivity index (χ1v) is 8.84. The number of aromatic nitrogens is 2. The molecule has 5 nitrogen and oxygen atoms in total. The van der Waals surface area contributed by atoms with Crippen LogP contribution in [0.2, 0.25) is 0 Å². The lowest BCUT2D eigenvalue weighted by atomic mass is 10.1. The van der Waals surface area contributed by atoms with E-state index >= 15 is 0 Å². The van der Waals surface area contributed by atoms with Gasteiger partial charge in [0.1, 0.15) is 0 Å². The van der Waals surface area contributed by atoms with E-state index in [9.17, 15) is 4.79 Å². The molecule has 2 heterocycles. The smallest absolute Gasteiger partial charge is 0.257 e. The first-order chi connectivity index (χ1) is 11.1. The maximum atomic E-state index is 12.1. The second-order valence-corrected chi connectivity index (χ2v) is 6.81. The Morgan fingerprint density at radius 3 is 2.17 bits per heavy atom. The van der Waals surface area contributed by atoms with Crippen molar-refractivity contribution in [3.05, 3.63) is 57.5 Å². The molecule has 0 atom stereocenters. The molecule has 0 radical (unpaired) electrons. The van der Waals surface area contributed by atoms with Gasteiger partial charge in [-0.25, -0.2) is 9.97 Å². The molecule has 0 unspecified atom stereocenters. The van der Waals surface area contributed by atoms with Crippen molar-refractivity contribution in [3.63, 3.8) is 0 Å². The lowest BCUT2D eigenvalue weighted by Gasteiger charge is -2.05. The van der Waals surface area contributed by atoms with Crippen molar-refractivity contribution in [1.82, 2.24) is 9.97 Å². The summed E-state index contributed by atoms with van der Waals surface area (Å²) in [5.74, 6) is -0.144. The fourth-order valence-electron chi connectivity index (χ4n) is 1.97. The summed E-state index contributed by atoms with van der Waals surface area (Å²) in [5, 5.41) is 11.5. The van der Waals surface area contributed by atoms with E-state index in [0.29, 0.717) is 17.2 Å². The molecule has 1 aromatic carbocycles. The topological polar surface area (TPSA) is 66.9 Å². The van der Waals surface area contributed by atoms with Crippen LogP contribution < -0.4 is 10.6 Å². The number of hydrogen-bond acceptors (Lipinski definition) is 6. The summed E-state index contributed by atoms with van der Waals surface area (Å²) in [5.41, 5.74) is 3.64.